The molecule has 0 aromatic rings. The summed E-state index contributed by atoms with van der Waals surface area (Å²) in [6.45, 7) is 6.76. The highest BCUT2D eigenvalue weighted by molar-refractivity contribution is 5.77. The highest BCUT2D eigenvalue weighted by atomic mass is 16.3. The monoisotopic (exact) mass is 240 g/mol. The number of aliphatic hydroxyl groups excluding tert-OH is 1. The average molecular weight is 240 g/mol. The highest BCUT2D eigenvalue weighted by Crippen LogP contribution is 2.31. The number of hydrogen-bond acceptors (Lipinski definition) is 3. The summed E-state index contributed by atoms with van der Waals surface area (Å²) in [5, 5.41) is 9.88. The lowest BCUT2D eigenvalue weighted by Gasteiger charge is -2.34. The first-order valence-corrected chi connectivity index (χ1v) is 6.58. The molecule has 2 saturated heterocycles. The van der Waals surface area contributed by atoms with Crippen LogP contribution in [0.1, 0.15) is 33.1 Å². The quantitative estimate of drug-likeness (QED) is 0.773. The molecule has 2 aliphatic rings. The second-order valence-electron chi connectivity index (χ2n) is 6.12. The van der Waals surface area contributed by atoms with Crippen molar-refractivity contribution >= 4 is 5.91 Å². The van der Waals surface area contributed by atoms with E-state index in [1.165, 1.54) is 0 Å². The lowest BCUT2D eigenvalue weighted by atomic mass is 9.97. The first-order valence-electron chi connectivity index (χ1n) is 6.58. The van der Waals surface area contributed by atoms with E-state index in [-0.39, 0.29) is 17.6 Å². The zero-order valence-corrected chi connectivity index (χ0v) is 11.1. The molecule has 0 aromatic carbocycles. The van der Waals surface area contributed by atoms with Gasteiger partial charge in [0.1, 0.15) is 0 Å². The summed E-state index contributed by atoms with van der Waals surface area (Å²) < 4.78 is 0. The van der Waals surface area contributed by atoms with Gasteiger partial charge < -0.3 is 14.9 Å². The predicted octanol–water partition coefficient (Wildman–Crippen LogP) is 0.700. The van der Waals surface area contributed by atoms with Crippen molar-refractivity contribution in [2.24, 2.45) is 5.92 Å². The van der Waals surface area contributed by atoms with Crippen molar-refractivity contribution in [2.75, 3.05) is 26.7 Å². The zero-order chi connectivity index (χ0) is 12.6. The van der Waals surface area contributed by atoms with Gasteiger partial charge in [0.05, 0.1) is 11.6 Å². The second kappa shape index (κ2) is 4.58. The van der Waals surface area contributed by atoms with E-state index in [1.807, 2.05) is 18.7 Å². The van der Waals surface area contributed by atoms with Gasteiger partial charge in [-0.2, -0.15) is 0 Å². The van der Waals surface area contributed by atoms with Gasteiger partial charge in [0.2, 0.25) is 5.91 Å². The molecule has 2 atom stereocenters. The molecule has 0 saturated carbocycles. The van der Waals surface area contributed by atoms with E-state index in [9.17, 15) is 9.90 Å². The number of nitrogens with zero attached hydrogens (tertiary/aromatic N) is 2. The van der Waals surface area contributed by atoms with Gasteiger partial charge in [-0.25, -0.2) is 0 Å². The van der Waals surface area contributed by atoms with Crippen LogP contribution in [-0.2, 0) is 4.79 Å². The molecule has 2 rings (SSSR count). The summed E-state index contributed by atoms with van der Waals surface area (Å²) in [5.74, 6) is 0.716. The number of carbonyl (C=O) groups excluding carboxylic acids is 1. The number of aliphatic hydroxyl groups is 1. The molecule has 4 heteroatoms. The molecule has 17 heavy (non-hydrogen) atoms. The Kier molecular flexibility index (Phi) is 3.46. The number of rotatable bonds is 2. The van der Waals surface area contributed by atoms with E-state index < -0.39 is 0 Å². The molecule has 4 nitrogen and oxygen atoms in total. The number of hydrogen-bond donors (Lipinski definition) is 1. The Morgan fingerprint density at radius 2 is 2.06 bits per heavy atom. The molecule has 0 aliphatic carbocycles. The molecule has 0 spiro atoms. The second-order valence-corrected chi connectivity index (χ2v) is 6.12. The summed E-state index contributed by atoms with van der Waals surface area (Å²) in [7, 11) is 2.11. The molecule has 0 bridgehead atoms. The Balaban J connectivity index is 1.92. The summed E-state index contributed by atoms with van der Waals surface area (Å²) in [5.41, 5.74) is -0.387. The van der Waals surface area contributed by atoms with Crippen LogP contribution in [0, 0.1) is 5.92 Å². The zero-order valence-electron chi connectivity index (χ0n) is 11.1. The predicted molar refractivity (Wildman–Crippen MR) is 66.6 cm³/mol. The van der Waals surface area contributed by atoms with Crippen molar-refractivity contribution in [1.82, 2.24) is 9.80 Å². The normalized spacial score (nSPS) is 33.3. The third-order valence-electron chi connectivity index (χ3n) is 4.39. The molecule has 0 aromatic heterocycles. The molecule has 2 fully saturated rings. The van der Waals surface area contributed by atoms with Crippen LogP contribution < -0.4 is 0 Å². The van der Waals surface area contributed by atoms with Gasteiger partial charge in [-0.3, -0.25) is 4.79 Å². The lowest BCUT2D eigenvalue weighted by Crippen LogP contribution is -2.48. The fourth-order valence-corrected chi connectivity index (χ4v) is 3.07. The Bertz CT molecular complexity index is 304. The molecule has 2 aliphatic heterocycles. The van der Waals surface area contributed by atoms with E-state index >= 15 is 0 Å². The van der Waals surface area contributed by atoms with E-state index in [0.29, 0.717) is 25.3 Å². The molecular weight excluding hydrogens is 216 g/mol. The van der Waals surface area contributed by atoms with Crippen molar-refractivity contribution in [3.05, 3.63) is 0 Å². The minimum absolute atomic E-state index is 0.215. The van der Waals surface area contributed by atoms with Gasteiger partial charge in [0, 0.05) is 19.5 Å². The summed E-state index contributed by atoms with van der Waals surface area (Å²) in [4.78, 5) is 16.4. The molecule has 1 amide bonds. The maximum Gasteiger partial charge on any atom is 0.223 e. The maximum atomic E-state index is 12.3. The van der Waals surface area contributed by atoms with Crippen molar-refractivity contribution in [3.8, 4) is 0 Å². The van der Waals surface area contributed by atoms with E-state index in [2.05, 4.69) is 11.9 Å². The Morgan fingerprint density at radius 3 is 2.53 bits per heavy atom. The molecular formula is C13H24N2O2. The first kappa shape index (κ1) is 12.8. The summed E-state index contributed by atoms with van der Waals surface area (Å²) >= 11 is 0. The van der Waals surface area contributed by atoms with Crippen LogP contribution in [0.4, 0.5) is 0 Å². The van der Waals surface area contributed by atoms with Crippen molar-refractivity contribution in [1.29, 1.82) is 0 Å². The average Bonchev–Trinajstić information content (AvgIpc) is 2.73. The fraction of sp³-hybridized carbons (Fsp3) is 0.923. The van der Waals surface area contributed by atoms with Gasteiger partial charge in [0.15, 0.2) is 0 Å². The van der Waals surface area contributed by atoms with Crippen LogP contribution in [-0.4, -0.2) is 59.1 Å². The molecule has 98 valence electrons. The molecule has 2 unspecified atom stereocenters. The van der Waals surface area contributed by atoms with Gasteiger partial charge in [-0.1, -0.05) is 0 Å². The summed E-state index contributed by atoms with van der Waals surface area (Å²) in [6, 6.07) is 0. The fourth-order valence-electron chi connectivity index (χ4n) is 3.07. The van der Waals surface area contributed by atoms with E-state index in [0.717, 1.165) is 19.5 Å². The Labute approximate surface area is 104 Å². The minimum Gasteiger partial charge on any atom is -0.391 e. The Morgan fingerprint density at radius 1 is 1.35 bits per heavy atom. The minimum atomic E-state index is -0.387. The Hall–Kier alpha value is -0.610. The number of likely N-dealkylation sites (tertiary alicyclic amines) is 2. The summed E-state index contributed by atoms with van der Waals surface area (Å²) in [6.07, 6.45) is 2.10. The van der Waals surface area contributed by atoms with Crippen molar-refractivity contribution in [2.45, 2.75) is 44.8 Å². The van der Waals surface area contributed by atoms with Gasteiger partial charge in [-0.15, -0.1) is 0 Å². The SMILES string of the molecule is CN1CCC(CC(=O)N2CCC(O)C2(C)C)C1. The molecule has 1 N–H and O–H groups in total. The van der Waals surface area contributed by atoms with Crippen molar-refractivity contribution < 1.29 is 9.90 Å². The van der Waals surface area contributed by atoms with Crippen LogP contribution >= 0.6 is 0 Å². The third kappa shape index (κ3) is 2.47. The number of amides is 1. The van der Waals surface area contributed by atoms with E-state index in [4.69, 9.17) is 0 Å². The molecule has 2 heterocycles. The van der Waals surface area contributed by atoms with Crippen LogP contribution in [0.5, 0.6) is 0 Å². The van der Waals surface area contributed by atoms with Crippen LogP contribution in [0.3, 0.4) is 0 Å². The van der Waals surface area contributed by atoms with Crippen LogP contribution in [0.2, 0.25) is 0 Å². The largest absolute Gasteiger partial charge is 0.391 e. The third-order valence-corrected chi connectivity index (χ3v) is 4.39. The smallest absolute Gasteiger partial charge is 0.223 e. The van der Waals surface area contributed by atoms with Crippen LogP contribution in [0.25, 0.3) is 0 Å². The highest BCUT2D eigenvalue weighted by Gasteiger charge is 2.43. The van der Waals surface area contributed by atoms with Gasteiger partial charge in [0.25, 0.3) is 0 Å². The standard InChI is InChI=1S/C13H24N2O2/c1-13(2)11(16)5-7-15(13)12(17)8-10-4-6-14(3)9-10/h10-11,16H,4-9H2,1-3H3. The molecule has 0 radical (unpaired) electrons. The van der Waals surface area contributed by atoms with Crippen molar-refractivity contribution in [3.63, 3.8) is 0 Å². The number of carbonyl (C=O) groups is 1. The first-order chi connectivity index (χ1) is 7.91. The lowest BCUT2D eigenvalue weighted by molar-refractivity contribution is -0.137. The van der Waals surface area contributed by atoms with Gasteiger partial charge in [-0.05, 0) is 46.2 Å². The van der Waals surface area contributed by atoms with E-state index in [1.54, 1.807) is 0 Å². The maximum absolute atomic E-state index is 12.3. The topological polar surface area (TPSA) is 43.8 Å². The van der Waals surface area contributed by atoms with Crippen LogP contribution in [0.15, 0.2) is 0 Å². The van der Waals surface area contributed by atoms with Gasteiger partial charge >= 0.3 is 0 Å².